The molecule has 0 aliphatic rings. The number of aliphatic carboxylic acids is 1. The van der Waals surface area contributed by atoms with Gasteiger partial charge in [0.25, 0.3) is 0 Å². The normalized spacial score (nSPS) is 12.1. The van der Waals surface area contributed by atoms with Crippen LogP contribution >= 0.6 is 0 Å². The molecular weight excluding hydrogens is 240 g/mol. The number of carbonyl (C=O) groups is 2. The first kappa shape index (κ1) is 11.8. The van der Waals surface area contributed by atoms with Gasteiger partial charge in [0, 0.05) is 0 Å². The Bertz CT molecular complexity index is 595. The average Bonchev–Trinajstić information content (AvgIpc) is 2.77. The van der Waals surface area contributed by atoms with E-state index in [1.54, 1.807) is 0 Å². The monoisotopic (exact) mass is 250 g/mol. The highest BCUT2D eigenvalue weighted by molar-refractivity contribution is 5.97. The molecule has 2 amide bonds. The molecule has 2 rings (SSSR count). The van der Waals surface area contributed by atoms with Crippen molar-refractivity contribution in [1.82, 2.24) is 25.3 Å². The maximum Gasteiger partial charge on any atom is 0.325 e. The van der Waals surface area contributed by atoms with Gasteiger partial charge in [-0.1, -0.05) is 0 Å². The number of hydrogen-bond acceptors (Lipinski definition) is 5. The third-order valence-corrected chi connectivity index (χ3v) is 2.17. The van der Waals surface area contributed by atoms with Gasteiger partial charge in [-0.2, -0.15) is 0 Å². The molecular formula is C9H10N6O3. The van der Waals surface area contributed by atoms with Crippen LogP contribution in [-0.4, -0.2) is 43.1 Å². The summed E-state index contributed by atoms with van der Waals surface area (Å²) in [4.78, 5) is 36.5. The molecule has 0 aliphatic heterocycles. The fourth-order valence-corrected chi connectivity index (χ4v) is 1.26. The number of nitrogens with one attached hydrogen (secondary N) is 3. The van der Waals surface area contributed by atoms with Gasteiger partial charge in [0.2, 0.25) is 0 Å². The molecule has 0 spiro atoms. The standard InChI is InChI=1S/C9H10N6O3/c1-4(8(16)17)14-9(18)15-7-5-6(11-2-10-5)12-3-13-7/h2-4H,1H3,(H,16,17)(H3,10,11,12,13,14,15,18)/t4-/m0/s1. The third-order valence-electron chi connectivity index (χ3n) is 2.17. The first-order valence-electron chi connectivity index (χ1n) is 5.02. The highest BCUT2D eigenvalue weighted by Gasteiger charge is 2.15. The van der Waals surface area contributed by atoms with Crippen molar-refractivity contribution in [3.8, 4) is 0 Å². The largest absolute Gasteiger partial charge is 0.480 e. The Morgan fingerprint density at radius 3 is 2.89 bits per heavy atom. The fraction of sp³-hybridized carbons (Fsp3) is 0.222. The highest BCUT2D eigenvalue weighted by atomic mass is 16.4. The SMILES string of the molecule is C[C@H](NC(=O)Nc1ncnc2nc[nH]c12)C(=O)O. The van der Waals surface area contributed by atoms with E-state index in [-0.39, 0.29) is 5.82 Å². The summed E-state index contributed by atoms with van der Waals surface area (Å²) < 4.78 is 0. The summed E-state index contributed by atoms with van der Waals surface area (Å²) >= 11 is 0. The van der Waals surface area contributed by atoms with E-state index >= 15 is 0 Å². The van der Waals surface area contributed by atoms with E-state index in [0.717, 1.165) is 0 Å². The average molecular weight is 250 g/mol. The van der Waals surface area contributed by atoms with Crippen LogP contribution in [0, 0.1) is 0 Å². The summed E-state index contributed by atoms with van der Waals surface area (Å²) in [5, 5.41) is 13.3. The Hall–Kier alpha value is -2.71. The Morgan fingerprint density at radius 2 is 2.17 bits per heavy atom. The first-order valence-corrected chi connectivity index (χ1v) is 5.02. The highest BCUT2D eigenvalue weighted by Crippen LogP contribution is 2.13. The molecule has 9 heteroatoms. The zero-order valence-corrected chi connectivity index (χ0v) is 9.34. The summed E-state index contributed by atoms with van der Waals surface area (Å²) in [6.07, 6.45) is 2.67. The number of fused-ring (bicyclic) bond motifs is 1. The summed E-state index contributed by atoms with van der Waals surface area (Å²) in [6.45, 7) is 1.35. The number of aromatic nitrogens is 4. The van der Waals surface area contributed by atoms with Crippen molar-refractivity contribution >= 4 is 29.0 Å². The van der Waals surface area contributed by atoms with Gasteiger partial charge < -0.3 is 15.4 Å². The number of amides is 2. The number of carboxylic acid groups (broad SMARTS) is 1. The van der Waals surface area contributed by atoms with Crippen molar-refractivity contribution in [3.63, 3.8) is 0 Å². The number of aromatic amines is 1. The van der Waals surface area contributed by atoms with E-state index in [1.165, 1.54) is 19.6 Å². The molecule has 4 N–H and O–H groups in total. The smallest absolute Gasteiger partial charge is 0.325 e. The summed E-state index contributed by atoms with van der Waals surface area (Å²) in [5.41, 5.74) is 0.877. The second kappa shape index (κ2) is 4.65. The molecule has 0 fully saturated rings. The maximum atomic E-state index is 11.5. The van der Waals surface area contributed by atoms with E-state index in [2.05, 4.69) is 30.6 Å². The molecule has 2 heterocycles. The first-order chi connectivity index (χ1) is 8.58. The van der Waals surface area contributed by atoms with Gasteiger partial charge in [-0.25, -0.2) is 19.7 Å². The Morgan fingerprint density at radius 1 is 1.39 bits per heavy atom. The van der Waals surface area contributed by atoms with Crippen molar-refractivity contribution in [1.29, 1.82) is 0 Å². The number of carboxylic acids is 1. The molecule has 0 unspecified atom stereocenters. The Balaban J connectivity index is 2.12. The van der Waals surface area contributed by atoms with E-state index in [4.69, 9.17) is 5.11 Å². The molecule has 2 aromatic rings. The molecule has 18 heavy (non-hydrogen) atoms. The minimum absolute atomic E-state index is 0.229. The molecule has 0 aromatic carbocycles. The summed E-state index contributed by atoms with van der Waals surface area (Å²) in [6, 6.07) is -1.66. The lowest BCUT2D eigenvalue weighted by Gasteiger charge is -2.10. The van der Waals surface area contributed by atoms with Gasteiger partial charge in [-0.3, -0.25) is 10.1 Å². The fourth-order valence-electron chi connectivity index (χ4n) is 1.26. The molecule has 2 aromatic heterocycles. The van der Waals surface area contributed by atoms with Crippen LogP contribution in [0.1, 0.15) is 6.92 Å². The van der Waals surface area contributed by atoms with Crippen LogP contribution in [0.25, 0.3) is 11.2 Å². The number of H-pyrrole nitrogens is 1. The number of rotatable bonds is 3. The zero-order valence-electron chi connectivity index (χ0n) is 9.34. The quantitative estimate of drug-likeness (QED) is 0.603. The minimum Gasteiger partial charge on any atom is -0.480 e. The predicted molar refractivity (Wildman–Crippen MR) is 60.9 cm³/mol. The number of urea groups is 1. The van der Waals surface area contributed by atoms with Gasteiger partial charge in [0.05, 0.1) is 6.33 Å². The Labute approximate surface area is 101 Å². The van der Waals surface area contributed by atoms with Crippen LogP contribution in [0.15, 0.2) is 12.7 Å². The minimum atomic E-state index is -1.13. The van der Waals surface area contributed by atoms with E-state index in [0.29, 0.717) is 11.2 Å². The van der Waals surface area contributed by atoms with Gasteiger partial charge in [0.15, 0.2) is 11.5 Å². The van der Waals surface area contributed by atoms with Gasteiger partial charge in [-0.15, -0.1) is 0 Å². The second-order valence-corrected chi connectivity index (χ2v) is 3.48. The lowest BCUT2D eigenvalue weighted by molar-refractivity contribution is -0.138. The number of imidazole rings is 1. The number of nitrogens with zero attached hydrogens (tertiary/aromatic N) is 3. The van der Waals surface area contributed by atoms with Crippen LogP contribution in [0.5, 0.6) is 0 Å². The number of anilines is 1. The lowest BCUT2D eigenvalue weighted by Crippen LogP contribution is -2.41. The maximum absolute atomic E-state index is 11.5. The molecule has 9 nitrogen and oxygen atoms in total. The molecule has 0 radical (unpaired) electrons. The zero-order chi connectivity index (χ0) is 13.1. The summed E-state index contributed by atoms with van der Waals surface area (Å²) in [7, 11) is 0. The van der Waals surface area contributed by atoms with Crippen LogP contribution in [0.4, 0.5) is 10.6 Å². The van der Waals surface area contributed by atoms with Crippen molar-refractivity contribution < 1.29 is 14.7 Å². The molecule has 0 bridgehead atoms. The van der Waals surface area contributed by atoms with Crippen molar-refractivity contribution in [2.24, 2.45) is 0 Å². The molecule has 0 aliphatic carbocycles. The molecule has 0 saturated carbocycles. The molecule has 1 atom stereocenters. The van der Waals surface area contributed by atoms with E-state index in [9.17, 15) is 9.59 Å². The molecule has 94 valence electrons. The topological polar surface area (TPSA) is 133 Å². The summed E-state index contributed by atoms with van der Waals surface area (Å²) in [5.74, 6) is -0.896. The van der Waals surface area contributed by atoms with Crippen molar-refractivity contribution in [3.05, 3.63) is 12.7 Å². The second-order valence-electron chi connectivity index (χ2n) is 3.48. The van der Waals surface area contributed by atoms with Crippen LogP contribution < -0.4 is 10.6 Å². The predicted octanol–water partition coefficient (Wildman–Crippen LogP) is -0.0525. The Kier molecular flexibility index (Phi) is 3.04. The van der Waals surface area contributed by atoms with E-state index < -0.39 is 18.0 Å². The van der Waals surface area contributed by atoms with Crippen LogP contribution in [-0.2, 0) is 4.79 Å². The third kappa shape index (κ3) is 2.34. The lowest BCUT2D eigenvalue weighted by atomic mass is 10.3. The van der Waals surface area contributed by atoms with Crippen molar-refractivity contribution in [2.75, 3.05) is 5.32 Å². The van der Waals surface area contributed by atoms with Gasteiger partial charge >= 0.3 is 12.0 Å². The number of hydrogen-bond donors (Lipinski definition) is 4. The van der Waals surface area contributed by atoms with Gasteiger partial charge in [-0.05, 0) is 6.92 Å². The number of carbonyl (C=O) groups excluding carboxylic acids is 1. The molecule has 0 saturated heterocycles. The van der Waals surface area contributed by atoms with E-state index in [1.807, 2.05) is 0 Å². The van der Waals surface area contributed by atoms with Crippen LogP contribution in [0.2, 0.25) is 0 Å². The van der Waals surface area contributed by atoms with Gasteiger partial charge in [0.1, 0.15) is 17.9 Å². The van der Waals surface area contributed by atoms with Crippen molar-refractivity contribution in [2.45, 2.75) is 13.0 Å². The van der Waals surface area contributed by atoms with Crippen LogP contribution in [0.3, 0.4) is 0 Å².